The Morgan fingerprint density at radius 2 is 1.92 bits per heavy atom. The van der Waals surface area contributed by atoms with Crippen molar-refractivity contribution in [3.63, 3.8) is 0 Å². The number of nitrogens with zero attached hydrogens (tertiary/aromatic N) is 2. The molecule has 1 fully saturated rings. The van der Waals surface area contributed by atoms with E-state index in [4.69, 9.17) is 11.6 Å². The van der Waals surface area contributed by atoms with Gasteiger partial charge in [-0.2, -0.15) is 0 Å². The molecule has 136 valence electrons. The van der Waals surface area contributed by atoms with Gasteiger partial charge in [0, 0.05) is 43.2 Å². The van der Waals surface area contributed by atoms with Crippen molar-refractivity contribution >= 4 is 23.4 Å². The molecule has 2 aromatic carbocycles. The highest BCUT2D eigenvalue weighted by atomic mass is 35.5. The smallest absolute Gasteiger partial charge is 0.254 e. The summed E-state index contributed by atoms with van der Waals surface area (Å²) in [7, 11) is 0. The number of hydrogen-bond acceptors (Lipinski definition) is 2. The molecule has 0 unspecified atom stereocenters. The summed E-state index contributed by atoms with van der Waals surface area (Å²) in [6.07, 6.45) is 1.54. The van der Waals surface area contributed by atoms with Gasteiger partial charge in [-0.25, -0.2) is 0 Å². The second kappa shape index (κ2) is 8.37. The normalized spacial score (nSPS) is 13.9. The zero-order valence-electron chi connectivity index (χ0n) is 15.0. The van der Waals surface area contributed by atoms with Crippen LogP contribution in [-0.2, 0) is 17.9 Å². The van der Waals surface area contributed by atoms with E-state index in [0.29, 0.717) is 36.6 Å². The Bertz CT molecular complexity index is 806. The summed E-state index contributed by atoms with van der Waals surface area (Å²) in [5.41, 5.74) is 2.65. The van der Waals surface area contributed by atoms with Gasteiger partial charge in [-0.05, 0) is 48.7 Å². The van der Waals surface area contributed by atoms with Crippen LogP contribution in [0.2, 0.25) is 5.02 Å². The van der Waals surface area contributed by atoms with Crippen LogP contribution in [0.25, 0.3) is 0 Å². The maximum atomic E-state index is 12.9. The van der Waals surface area contributed by atoms with Crippen LogP contribution in [0, 0.1) is 0 Å². The van der Waals surface area contributed by atoms with Gasteiger partial charge in [0.15, 0.2) is 0 Å². The van der Waals surface area contributed by atoms with Crippen LogP contribution >= 0.6 is 11.6 Å². The number of likely N-dealkylation sites (tertiary alicyclic amines) is 1. The topological polar surface area (TPSA) is 40.6 Å². The van der Waals surface area contributed by atoms with Crippen molar-refractivity contribution < 1.29 is 9.59 Å². The molecule has 0 aromatic heterocycles. The molecule has 0 N–H and O–H groups in total. The Labute approximate surface area is 159 Å². The molecule has 4 nitrogen and oxygen atoms in total. The minimum absolute atomic E-state index is 0.0120. The van der Waals surface area contributed by atoms with Crippen LogP contribution in [0.15, 0.2) is 48.5 Å². The standard InChI is InChI=1S/C21H23ClN2O2/c1-2-23(14-17-7-4-9-19(22)13-17)21(26)18-8-3-6-16(12-18)15-24-11-5-10-20(24)25/h3-4,6-9,12-13H,2,5,10-11,14-15H2,1H3. The summed E-state index contributed by atoms with van der Waals surface area (Å²) >= 11 is 6.05. The summed E-state index contributed by atoms with van der Waals surface area (Å²) in [5, 5.41) is 0.670. The van der Waals surface area contributed by atoms with Gasteiger partial charge < -0.3 is 9.80 Å². The lowest BCUT2D eigenvalue weighted by atomic mass is 10.1. The molecule has 1 heterocycles. The van der Waals surface area contributed by atoms with Gasteiger partial charge >= 0.3 is 0 Å². The van der Waals surface area contributed by atoms with Crippen molar-refractivity contribution in [3.05, 3.63) is 70.2 Å². The lowest BCUT2D eigenvalue weighted by Gasteiger charge is -2.22. The molecule has 0 aliphatic carbocycles. The van der Waals surface area contributed by atoms with Crippen LogP contribution in [-0.4, -0.2) is 34.7 Å². The first kappa shape index (κ1) is 18.5. The minimum Gasteiger partial charge on any atom is -0.338 e. The molecular formula is C21H23ClN2O2. The zero-order chi connectivity index (χ0) is 18.5. The van der Waals surface area contributed by atoms with Crippen LogP contribution in [0.5, 0.6) is 0 Å². The fourth-order valence-electron chi connectivity index (χ4n) is 3.26. The highest BCUT2D eigenvalue weighted by Gasteiger charge is 2.21. The van der Waals surface area contributed by atoms with Crippen molar-refractivity contribution in [3.8, 4) is 0 Å². The Morgan fingerprint density at radius 1 is 1.15 bits per heavy atom. The maximum absolute atomic E-state index is 12.9. The highest BCUT2D eigenvalue weighted by Crippen LogP contribution is 2.18. The lowest BCUT2D eigenvalue weighted by Crippen LogP contribution is -2.30. The van der Waals surface area contributed by atoms with Crippen LogP contribution in [0.1, 0.15) is 41.3 Å². The average Bonchev–Trinajstić information content (AvgIpc) is 3.04. The van der Waals surface area contributed by atoms with E-state index in [0.717, 1.165) is 24.1 Å². The van der Waals surface area contributed by atoms with Crippen molar-refractivity contribution in [2.24, 2.45) is 0 Å². The van der Waals surface area contributed by atoms with Crippen LogP contribution in [0.3, 0.4) is 0 Å². The van der Waals surface area contributed by atoms with E-state index >= 15 is 0 Å². The Balaban J connectivity index is 1.73. The molecule has 1 saturated heterocycles. The second-order valence-electron chi connectivity index (χ2n) is 6.57. The van der Waals surface area contributed by atoms with E-state index in [1.165, 1.54) is 0 Å². The number of hydrogen-bond donors (Lipinski definition) is 0. The Kier molecular flexibility index (Phi) is 5.94. The molecule has 2 aromatic rings. The van der Waals surface area contributed by atoms with Crippen molar-refractivity contribution in [2.75, 3.05) is 13.1 Å². The van der Waals surface area contributed by atoms with Gasteiger partial charge in [-0.1, -0.05) is 35.9 Å². The number of halogens is 1. The third-order valence-electron chi connectivity index (χ3n) is 4.65. The van der Waals surface area contributed by atoms with Gasteiger partial charge in [0.05, 0.1) is 0 Å². The molecule has 5 heteroatoms. The van der Waals surface area contributed by atoms with Gasteiger partial charge in [0.2, 0.25) is 5.91 Å². The SMILES string of the molecule is CCN(Cc1cccc(Cl)c1)C(=O)c1cccc(CN2CCCC2=O)c1. The second-order valence-corrected chi connectivity index (χ2v) is 7.00. The molecular weight excluding hydrogens is 348 g/mol. The number of carbonyl (C=O) groups is 2. The summed E-state index contributed by atoms with van der Waals surface area (Å²) in [6.45, 7) is 4.47. The molecule has 2 amide bonds. The zero-order valence-corrected chi connectivity index (χ0v) is 15.7. The summed E-state index contributed by atoms with van der Waals surface area (Å²) < 4.78 is 0. The van der Waals surface area contributed by atoms with E-state index in [-0.39, 0.29) is 11.8 Å². The van der Waals surface area contributed by atoms with Crippen molar-refractivity contribution in [1.29, 1.82) is 0 Å². The number of amides is 2. The number of carbonyl (C=O) groups excluding carboxylic acids is 2. The third kappa shape index (κ3) is 4.44. The fourth-order valence-corrected chi connectivity index (χ4v) is 3.47. The van der Waals surface area contributed by atoms with Gasteiger partial charge in [-0.3, -0.25) is 9.59 Å². The lowest BCUT2D eigenvalue weighted by molar-refractivity contribution is -0.128. The van der Waals surface area contributed by atoms with E-state index in [1.54, 1.807) is 4.90 Å². The number of rotatable bonds is 6. The molecule has 0 spiro atoms. The Hall–Kier alpha value is -2.33. The largest absolute Gasteiger partial charge is 0.338 e. The minimum atomic E-state index is -0.0120. The maximum Gasteiger partial charge on any atom is 0.254 e. The average molecular weight is 371 g/mol. The first-order valence-electron chi connectivity index (χ1n) is 8.97. The first-order chi connectivity index (χ1) is 12.6. The van der Waals surface area contributed by atoms with Crippen molar-refractivity contribution in [2.45, 2.75) is 32.9 Å². The first-order valence-corrected chi connectivity index (χ1v) is 9.35. The van der Waals surface area contributed by atoms with E-state index in [1.807, 2.05) is 60.4 Å². The molecule has 0 bridgehead atoms. The van der Waals surface area contributed by atoms with Crippen molar-refractivity contribution in [1.82, 2.24) is 9.80 Å². The predicted octanol–water partition coefficient (Wildman–Crippen LogP) is 4.12. The predicted molar refractivity (Wildman–Crippen MR) is 103 cm³/mol. The summed E-state index contributed by atoms with van der Waals surface area (Å²) in [6, 6.07) is 15.2. The fraction of sp³-hybridized carbons (Fsp3) is 0.333. The number of benzene rings is 2. The quantitative estimate of drug-likeness (QED) is 0.767. The summed E-state index contributed by atoms with van der Waals surface area (Å²) in [4.78, 5) is 28.4. The Morgan fingerprint density at radius 3 is 2.62 bits per heavy atom. The molecule has 0 atom stereocenters. The highest BCUT2D eigenvalue weighted by molar-refractivity contribution is 6.30. The van der Waals surface area contributed by atoms with E-state index < -0.39 is 0 Å². The van der Waals surface area contributed by atoms with E-state index in [9.17, 15) is 9.59 Å². The molecule has 0 radical (unpaired) electrons. The molecule has 1 aliphatic rings. The van der Waals surface area contributed by atoms with Crippen LogP contribution in [0.4, 0.5) is 0 Å². The van der Waals surface area contributed by atoms with Gasteiger partial charge in [0.1, 0.15) is 0 Å². The van der Waals surface area contributed by atoms with Gasteiger partial charge in [-0.15, -0.1) is 0 Å². The van der Waals surface area contributed by atoms with E-state index in [2.05, 4.69) is 0 Å². The third-order valence-corrected chi connectivity index (χ3v) is 4.89. The molecule has 1 aliphatic heterocycles. The molecule has 3 rings (SSSR count). The summed E-state index contributed by atoms with van der Waals surface area (Å²) in [5.74, 6) is 0.181. The molecule has 0 saturated carbocycles. The monoisotopic (exact) mass is 370 g/mol. The molecule has 26 heavy (non-hydrogen) atoms. The van der Waals surface area contributed by atoms with Gasteiger partial charge in [0.25, 0.3) is 5.91 Å². The van der Waals surface area contributed by atoms with Crippen LogP contribution < -0.4 is 0 Å².